The summed E-state index contributed by atoms with van der Waals surface area (Å²) in [5.41, 5.74) is 9.25. The molecule has 0 unspecified atom stereocenters. The number of benzene rings is 1. The molecule has 0 aliphatic heterocycles. The number of likely N-dealkylation sites (N-methyl/N-ethyl adjacent to an activating group) is 1. The first-order chi connectivity index (χ1) is 8.94. The van der Waals surface area contributed by atoms with Crippen LogP contribution < -0.4 is 11.1 Å². The van der Waals surface area contributed by atoms with Crippen molar-refractivity contribution in [2.24, 2.45) is 5.73 Å². The Hall–Kier alpha value is -1.13. The molecular formula is C15H23N3S. The Bertz CT molecular complexity index is 478. The summed E-state index contributed by atoms with van der Waals surface area (Å²) in [4.78, 5) is 2.81. The second kappa shape index (κ2) is 5.47. The third kappa shape index (κ3) is 2.90. The summed E-state index contributed by atoms with van der Waals surface area (Å²) < 4.78 is 0. The normalized spacial score (nSPS) is 17.1. The van der Waals surface area contributed by atoms with E-state index in [0.29, 0.717) is 10.5 Å². The molecule has 0 saturated heterocycles. The fourth-order valence-corrected chi connectivity index (χ4v) is 2.91. The van der Waals surface area contributed by atoms with Gasteiger partial charge in [-0.05, 0) is 64.0 Å². The van der Waals surface area contributed by atoms with Crippen molar-refractivity contribution in [3.63, 3.8) is 0 Å². The number of hydrogen-bond donors (Lipinski definition) is 2. The maximum Gasteiger partial charge on any atom is 0.104 e. The Morgan fingerprint density at radius 2 is 2.11 bits per heavy atom. The summed E-state index contributed by atoms with van der Waals surface area (Å²) in [5.74, 6) is 0. The average molecular weight is 277 g/mol. The van der Waals surface area contributed by atoms with Crippen molar-refractivity contribution < 1.29 is 0 Å². The van der Waals surface area contributed by atoms with Crippen molar-refractivity contribution in [3.05, 3.63) is 29.3 Å². The minimum atomic E-state index is 0.329. The lowest BCUT2D eigenvalue weighted by Gasteiger charge is -2.47. The molecule has 3 nitrogen and oxygen atoms in total. The first-order valence-electron chi connectivity index (χ1n) is 6.76. The Morgan fingerprint density at radius 1 is 1.42 bits per heavy atom. The van der Waals surface area contributed by atoms with Crippen LogP contribution in [0.25, 0.3) is 0 Å². The number of thiocarbonyl (C=S) groups is 1. The molecule has 19 heavy (non-hydrogen) atoms. The fourth-order valence-electron chi connectivity index (χ4n) is 2.68. The molecule has 0 amide bonds. The molecule has 1 aliphatic carbocycles. The van der Waals surface area contributed by atoms with Crippen molar-refractivity contribution >= 4 is 22.9 Å². The fraction of sp³-hybridized carbons (Fsp3) is 0.533. The number of anilines is 1. The topological polar surface area (TPSA) is 41.3 Å². The van der Waals surface area contributed by atoms with Gasteiger partial charge in [-0.15, -0.1) is 0 Å². The molecule has 1 fully saturated rings. The largest absolute Gasteiger partial charge is 0.389 e. The van der Waals surface area contributed by atoms with Gasteiger partial charge in [0.1, 0.15) is 4.99 Å². The minimum absolute atomic E-state index is 0.329. The van der Waals surface area contributed by atoms with Crippen LogP contribution in [0.4, 0.5) is 5.69 Å². The summed E-state index contributed by atoms with van der Waals surface area (Å²) in [5, 5.41) is 3.55. The Balaban J connectivity index is 2.04. The summed E-state index contributed by atoms with van der Waals surface area (Å²) >= 11 is 5.03. The highest BCUT2D eigenvalue weighted by Crippen LogP contribution is 2.36. The van der Waals surface area contributed by atoms with E-state index in [0.717, 1.165) is 23.4 Å². The third-order valence-corrected chi connectivity index (χ3v) is 4.57. The van der Waals surface area contributed by atoms with E-state index < -0.39 is 0 Å². The van der Waals surface area contributed by atoms with Crippen LogP contribution in [0.2, 0.25) is 0 Å². The van der Waals surface area contributed by atoms with Gasteiger partial charge in [0.15, 0.2) is 0 Å². The molecule has 0 spiro atoms. The van der Waals surface area contributed by atoms with E-state index in [1.54, 1.807) is 0 Å². The summed E-state index contributed by atoms with van der Waals surface area (Å²) in [6.45, 7) is 3.04. The van der Waals surface area contributed by atoms with Crippen molar-refractivity contribution in [2.45, 2.75) is 31.7 Å². The van der Waals surface area contributed by atoms with Crippen molar-refractivity contribution in [1.82, 2.24) is 4.90 Å². The van der Waals surface area contributed by atoms with Crippen LogP contribution in [0.1, 0.15) is 30.4 Å². The van der Waals surface area contributed by atoms with Gasteiger partial charge in [0, 0.05) is 23.3 Å². The molecule has 0 aromatic heterocycles. The van der Waals surface area contributed by atoms with Crippen LogP contribution in [0, 0.1) is 6.92 Å². The SMILES string of the molecule is Cc1cc(NCC2(N(C)C)CCC2)ccc1C(N)=S. The Labute approximate surface area is 121 Å². The van der Waals surface area contributed by atoms with Gasteiger partial charge >= 0.3 is 0 Å². The zero-order chi connectivity index (χ0) is 14.0. The van der Waals surface area contributed by atoms with Gasteiger partial charge < -0.3 is 16.0 Å². The van der Waals surface area contributed by atoms with Gasteiger partial charge in [0.05, 0.1) is 0 Å². The first-order valence-corrected chi connectivity index (χ1v) is 7.17. The number of nitrogens with two attached hydrogens (primary N) is 1. The quantitative estimate of drug-likeness (QED) is 0.812. The summed E-state index contributed by atoms with van der Waals surface area (Å²) in [6.07, 6.45) is 3.88. The summed E-state index contributed by atoms with van der Waals surface area (Å²) in [6, 6.07) is 6.18. The Kier molecular flexibility index (Phi) is 4.11. The highest BCUT2D eigenvalue weighted by Gasteiger charge is 2.38. The van der Waals surface area contributed by atoms with Crippen LogP contribution in [-0.4, -0.2) is 36.1 Å². The summed E-state index contributed by atoms with van der Waals surface area (Å²) in [7, 11) is 4.34. The second-order valence-electron chi connectivity index (χ2n) is 5.72. The van der Waals surface area contributed by atoms with Gasteiger partial charge in [-0.2, -0.15) is 0 Å². The van der Waals surface area contributed by atoms with Crippen LogP contribution in [0.15, 0.2) is 18.2 Å². The predicted octanol–water partition coefficient (Wildman–Crippen LogP) is 2.53. The van der Waals surface area contributed by atoms with Gasteiger partial charge in [-0.25, -0.2) is 0 Å². The molecule has 0 atom stereocenters. The molecule has 0 heterocycles. The van der Waals surface area contributed by atoms with E-state index in [1.807, 2.05) is 13.0 Å². The highest BCUT2D eigenvalue weighted by atomic mass is 32.1. The molecule has 0 bridgehead atoms. The van der Waals surface area contributed by atoms with Gasteiger partial charge in [-0.1, -0.05) is 12.2 Å². The second-order valence-corrected chi connectivity index (χ2v) is 6.16. The van der Waals surface area contributed by atoms with E-state index >= 15 is 0 Å². The van der Waals surface area contributed by atoms with E-state index in [4.69, 9.17) is 18.0 Å². The smallest absolute Gasteiger partial charge is 0.104 e. The van der Waals surface area contributed by atoms with Gasteiger partial charge in [0.25, 0.3) is 0 Å². The van der Waals surface area contributed by atoms with Crippen LogP contribution in [-0.2, 0) is 0 Å². The predicted molar refractivity (Wildman–Crippen MR) is 85.8 cm³/mol. The lowest BCUT2D eigenvalue weighted by molar-refractivity contribution is 0.0739. The van der Waals surface area contributed by atoms with Crippen LogP contribution in [0.5, 0.6) is 0 Å². The zero-order valence-corrected chi connectivity index (χ0v) is 12.8. The number of nitrogens with zero attached hydrogens (tertiary/aromatic N) is 1. The number of nitrogens with one attached hydrogen (secondary N) is 1. The van der Waals surface area contributed by atoms with Crippen molar-refractivity contribution in [1.29, 1.82) is 0 Å². The molecule has 1 saturated carbocycles. The van der Waals surface area contributed by atoms with E-state index in [2.05, 4.69) is 36.4 Å². The molecule has 1 aliphatic rings. The minimum Gasteiger partial charge on any atom is -0.389 e. The number of aryl methyl sites for hydroxylation is 1. The van der Waals surface area contributed by atoms with Crippen LogP contribution in [0.3, 0.4) is 0 Å². The molecule has 4 heteroatoms. The van der Waals surface area contributed by atoms with Gasteiger partial charge in [0.2, 0.25) is 0 Å². The molecule has 104 valence electrons. The maximum atomic E-state index is 5.68. The molecule has 1 aromatic rings. The maximum absolute atomic E-state index is 5.68. The monoisotopic (exact) mass is 277 g/mol. The zero-order valence-electron chi connectivity index (χ0n) is 12.0. The van der Waals surface area contributed by atoms with E-state index in [-0.39, 0.29) is 0 Å². The van der Waals surface area contributed by atoms with Gasteiger partial charge in [-0.3, -0.25) is 0 Å². The average Bonchev–Trinajstić information content (AvgIpc) is 2.26. The first kappa shape index (κ1) is 14.3. The Morgan fingerprint density at radius 3 is 2.53 bits per heavy atom. The van der Waals surface area contributed by atoms with E-state index in [9.17, 15) is 0 Å². The van der Waals surface area contributed by atoms with E-state index in [1.165, 1.54) is 19.3 Å². The standard InChI is InChI=1S/C15H23N3S/c1-11-9-12(5-6-13(11)14(16)19)17-10-15(18(2)3)7-4-8-15/h5-6,9,17H,4,7-8,10H2,1-3H3,(H2,16,19). The molecule has 3 N–H and O–H groups in total. The highest BCUT2D eigenvalue weighted by molar-refractivity contribution is 7.80. The number of rotatable bonds is 5. The molecular weight excluding hydrogens is 254 g/mol. The van der Waals surface area contributed by atoms with Crippen LogP contribution >= 0.6 is 12.2 Å². The lowest BCUT2D eigenvalue weighted by Crippen LogP contribution is -2.54. The molecule has 0 radical (unpaired) electrons. The number of hydrogen-bond acceptors (Lipinski definition) is 3. The lowest BCUT2D eigenvalue weighted by atomic mass is 9.75. The molecule has 2 rings (SSSR count). The van der Waals surface area contributed by atoms with Crippen molar-refractivity contribution in [2.75, 3.05) is 26.0 Å². The molecule has 1 aromatic carbocycles. The van der Waals surface area contributed by atoms with Crippen molar-refractivity contribution in [3.8, 4) is 0 Å². The third-order valence-electron chi connectivity index (χ3n) is 4.35.